The van der Waals surface area contributed by atoms with E-state index in [-0.39, 0.29) is 0 Å². The summed E-state index contributed by atoms with van der Waals surface area (Å²) in [6, 6.07) is 2.07. The lowest BCUT2D eigenvalue weighted by atomic mass is 10.2. The molecule has 0 aliphatic heterocycles. The zero-order valence-electron chi connectivity index (χ0n) is 6.36. The quantitative estimate of drug-likeness (QED) is 0.608. The molecule has 0 spiro atoms. The minimum Gasteiger partial charge on any atom is -0.241 e. The third-order valence-corrected chi connectivity index (χ3v) is 1.81. The summed E-state index contributed by atoms with van der Waals surface area (Å²) in [7, 11) is 0. The molecule has 0 radical (unpaired) electrons. The van der Waals surface area contributed by atoms with Gasteiger partial charge in [0.05, 0.1) is 11.7 Å². The topological polar surface area (TPSA) is 30.2 Å². The van der Waals surface area contributed by atoms with E-state index in [1.165, 1.54) is 5.56 Å². The Hall–Kier alpha value is -1.38. The van der Waals surface area contributed by atoms with E-state index in [4.69, 9.17) is 0 Å². The van der Waals surface area contributed by atoms with E-state index in [0.29, 0.717) is 0 Å². The van der Waals surface area contributed by atoms with E-state index in [9.17, 15) is 0 Å². The summed E-state index contributed by atoms with van der Waals surface area (Å²) in [6.45, 7) is 2.13. The SMILES string of the molecule is CCc1ccn2ncncc12. The molecule has 2 aromatic heterocycles. The number of aromatic nitrogens is 3. The van der Waals surface area contributed by atoms with Crippen LogP contribution in [0.3, 0.4) is 0 Å². The molecule has 2 heterocycles. The fourth-order valence-electron chi connectivity index (χ4n) is 1.20. The van der Waals surface area contributed by atoms with Gasteiger partial charge in [-0.15, -0.1) is 0 Å². The Morgan fingerprint density at radius 3 is 3.27 bits per heavy atom. The van der Waals surface area contributed by atoms with E-state index in [1.807, 2.05) is 16.9 Å². The number of hydrogen-bond donors (Lipinski definition) is 0. The van der Waals surface area contributed by atoms with Crippen LogP contribution in [-0.2, 0) is 6.42 Å². The van der Waals surface area contributed by atoms with E-state index in [1.54, 1.807) is 6.33 Å². The third kappa shape index (κ3) is 0.888. The number of nitrogens with zero attached hydrogens (tertiary/aromatic N) is 3. The molecule has 0 unspecified atom stereocenters. The van der Waals surface area contributed by atoms with Crippen LogP contribution in [-0.4, -0.2) is 14.6 Å². The first-order valence-electron chi connectivity index (χ1n) is 3.68. The molecule has 0 aliphatic carbocycles. The first-order valence-corrected chi connectivity index (χ1v) is 3.68. The molecule has 2 rings (SSSR count). The van der Waals surface area contributed by atoms with Crippen LogP contribution in [0.15, 0.2) is 24.8 Å². The summed E-state index contributed by atoms with van der Waals surface area (Å²) < 4.78 is 1.84. The average molecular weight is 147 g/mol. The molecule has 11 heavy (non-hydrogen) atoms. The highest BCUT2D eigenvalue weighted by molar-refractivity contribution is 5.52. The number of rotatable bonds is 1. The van der Waals surface area contributed by atoms with Crippen LogP contribution in [0, 0.1) is 0 Å². The third-order valence-electron chi connectivity index (χ3n) is 1.81. The van der Waals surface area contributed by atoms with Crippen molar-refractivity contribution in [2.45, 2.75) is 13.3 Å². The Balaban J connectivity index is 2.76. The Morgan fingerprint density at radius 2 is 2.45 bits per heavy atom. The highest BCUT2D eigenvalue weighted by Gasteiger charge is 1.98. The van der Waals surface area contributed by atoms with Crippen LogP contribution in [0.5, 0.6) is 0 Å². The molecule has 56 valence electrons. The van der Waals surface area contributed by atoms with Crippen molar-refractivity contribution in [3.8, 4) is 0 Å². The van der Waals surface area contributed by atoms with Crippen molar-refractivity contribution in [1.82, 2.24) is 14.6 Å². The molecule has 0 atom stereocenters. The smallest absolute Gasteiger partial charge is 0.136 e. The second kappa shape index (κ2) is 2.34. The molecule has 3 heteroatoms. The minimum absolute atomic E-state index is 1.03. The van der Waals surface area contributed by atoms with E-state index in [0.717, 1.165) is 11.9 Å². The Kier molecular flexibility index (Phi) is 1.35. The Labute approximate surface area is 64.7 Å². The van der Waals surface area contributed by atoms with Crippen LogP contribution < -0.4 is 0 Å². The molecule has 0 bridgehead atoms. The van der Waals surface area contributed by atoms with Gasteiger partial charge in [-0.3, -0.25) is 0 Å². The van der Waals surface area contributed by atoms with Crippen molar-refractivity contribution < 1.29 is 0 Å². The summed E-state index contributed by atoms with van der Waals surface area (Å²) in [5.74, 6) is 0. The van der Waals surface area contributed by atoms with Gasteiger partial charge in [0.2, 0.25) is 0 Å². The summed E-state index contributed by atoms with van der Waals surface area (Å²) >= 11 is 0. The number of aryl methyl sites for hydroxylation is 1. The zero-order valence-corrected chi connectivity index (χ0v) is 6.36. The van der Waals surface area contributed by atoms with Crippen molar-refractivity contribution in [3.63, 3.8) is 0 Å². The van der Waals surface area contributed by atoms with Gasteiger partial charge in [0, 0.05) is 6.20 Å². The van der Waals surface area contributed by atoms with Crippen LogP contribution in [0.4, 0.5) is 0 Å². The highest BCUT2D eigenvalue weighted by atomic mass is 15.2. The summed E-state index contributed by atoms with van der Waals surface area (Å²) in [5.41, 5.74) is 2.40. The molecule has 2 aromatic rings. The normalized spacial score (nSPS) is 10.6. The predicted molar refractivity (Wildman–Crippen MR) is 42.4 cm³/mol. The van der Waals surface area contributed by atoms with Gasteiger partial charge in [0.25, 0.3) is 0 Å². The van der Waals surface area contributed by atoms with Crippen molar-refractivity contribution in [2.75, 3.05) is 0 Å². The number of hydrogen-bond acceptors (Lipinski definition) is 2. The highest BCUT2D eigenvalue weighted by Crippen LogP contribution is 2.09. The van der Waals surface area contributed by atoms with E-state index < -0.39 is 0 Å². The summed E-state index contributed by atoms with van der Waals surface area (Å²) in [4.78, 5) is 3.96. The molecule has 0 N–H and O–H groups in total. The lowest BCUT2D eigenvalue weighted by molar-refractivity contribution is 0.900. The van der Waals surface area contributed by atoms with Gasteiger partial charge in [-0.05, 0) is 18.1 Å². The molecule has 0 saturated heterocycles. The molecule has 0 aromatic carbocycles. The molecular weight excluding hydrogens is 138 g/mol. The standard InChI is InChI=1S/C8H9N3/c1-2-7-3-4-11-8(7)5-9-6-10-11/h3-6H,2H2,1H3. The van der Waals surface area contributed by atoms with Gasteiger partial charge in [-0.25, -0.2) is 9.50 Å². The van der Waals surface area contributed by atoms with Crippen molar-refractivity contribution >= 4 is 5.52 Å². The maximum Gasteiger partial charge on any atom is 0.136 e. The lowest BCUT2D eigenvalue weighted by Crippen LogP contribution is -1.90. The van der Waals surface area contributed by atoms with Gasteiger partial charge in [0.15, 0.2) is 0 Å². The monoisotopic (exact) mass is 147 g/mol. The molecule has 3 nitrogen and oxygen atoms in total. The van der Waals surface area contributed by atoms with Crippen molar-refractivity contribution in [3.05, 3.63) is 30.4 Å². The lowest BCUT2D eigenvalue weighted by Gasteiger charge is -1.92. The first-order chi connectivity index (χ1) is 5.42. The molecule has 0 saturated carbocycles. The van der Waals surface area contributed by atoms with E-state index >= 15 is 0 Å². The molecule has 0 amide bonds. The van der Waals surface area contributed by atoms with Crippen molar-refractivity contribution in [2.24, 2.45) is 0 Å². The summed E-state index contributed by atoms with van der Waals surface area (Å²) in [5, 5.41) is 4.06. The minimum atomic E-state index is 1.03. The summed E-state index contributed by atoms with van der Waals surface area (Å²) in [6.07, 6.45) is 6.37. The zero-order chi connectivity index (χ0) is 7.68. The van der Waals surface area contributed by atoms with Crippen LogP contribution >= 0.6 is 0 Å². The Bertz CT molecular complexity index is 364. The van der Waals surface area contributed by atoms with Gasteiger partial charge in [-0.2, -0.15) is 5.10 Å². The molecule has 0 fully saturated rings. The Morgan fingerprint density at radius 1 is 1.55 bits per heavy atom. The largest absolute Gasteiger partial charge is 0.241 e. The van der Waals surface area contributed by atoms with Crippen LogP contribution in [0.25, 0.3) is 5.52 Å². The van der Waals surface area contributed by atoms with Crippen molar-refractivity contribution in [1.29, 1.82) is 0 Å². The number of fused-ring (bicyclic) bond motifs is 1. The van der Waals surface area contributed by atoms with Crippen LogP contribution in [0.2, 0.25) is 0 Å². The van der Waals surface area contributed by atoms with Gasteiger partial charge in [-0.1, -0.05) is 6.92 Å². The van der Waals surface area contributed by atoms with Gasteiger partial charge >= 0.3 is 0 Å². The first kappa shape index (κ1) is 6.34. The maximum atomic E-state index is 4.06. The van der Waals surface area contributed by atoms with Gasteiger partial charge < -0.3 is 0 Å². The second-order valence-electron chi connectivity index (χ2n) is 2.43. The predicted octanol–water partition coefficient (Wildman–Crippen LogP) is 1.29. The fourth-order valence-corrected chi connectivity index (χ4v) is 1.20. The second-order valence-corrected chi connectivity index (χ2v) is 2.43. The average Bonchev–Trinajstić information content (AvgIpc) is 2.47. The molecular formula is C8H9N3. The maximum absolute atomic E-state index is 4.06. The van der Waals surface area contributed by atoms with Crippen LogP contribution in [0.1, 0.15) is 12.5 Å². The molecule has 0 aliphatic rings. The van der Waals surface area contributed by atoms with E-state index in [2.05, 4.69) is 23.1 Å². The van der Waals surface area contributed by atoms with Gasteiger partial charge in [0.1, 0.15) is 6.33 Å². The fraction of sp³-hybridized carbons (Fsp3) is 0.250.